The summed E-state index contributed by atoms with van der Waals surface area (Å²) >= 11 is 0. The molecule has 0 aliphatic heterocycles. The zero-order valence-electron chi connectivity index (χ0n) is 10.1. The molecular formula is C11H24N2O2. The number of nitrogens with one attached hydrogen (secondary N) is 1. The highest BCUT2D eigenvalue weighted by Crippen LogP contribution is 2.17. The Balaban J connectivity index is 3.16. The van der Waals surface area contributed by atoms with E-state index in [-0.39, 0.29) is 5.91 Å². The zero-order chi connectivity index (χ0) is 11.7. The number of hydrogen-bond acceptors (Lipinski definition) is 3. The van der Waals surface area contributed by atoms with E-state index in [1.54, 1.807) is 0 Å². The van der Waals surface area contributed by atoms with Gasteiger partial charge in [0.2, 0.25) is 5.91 Å². The molecule has 0 aliphatic carbocycles. The molecule has 1 amide bonds. The fourth-order valence-electron chi connectivity index (χ4n) is 1.04. The molecule has 90 valence electrons. The molecule has 0 fully saturated rings. The third kappa shape index (κ3) is 11.3. The van der Waals surface area contributed by atoms with Gasteiger partial charge < -0.3 is 4.74 Å². The second-order valence-corrected chi connectivity index (χ2v) is 4.95. The van der Waals surface area contributed by atoms with Crippen molar-refractivity contribution < 1.29 is 9.53 Å². The first-order chi connectivity index (χ1) is 6.95. The van der Waals surface area contributed by atoms with Crippen LogP contribution in [0, 0.1) is 5.41 Å². The molecule has 0 aromatic heterocycles. The Hall–Kier alpha value is -0.610. The van der Waals surface area contributed by atoms with Crippen LogP contribution in [0.3, 0.4) is 0 Å². The van der Waals surface area contributed by atoms with Crippen LogP contribution in [0.25, 0.3) is 0 Å². The molecule has 15 heavy (non-hydrogen) atoms. The van der Waals surface area contributed by atoms with Gasteiger partial charge in [-0.1, -0.05) is 20.8 Å². The van der Waals surface area contributed by atoms with E-state index in [9.17, 15) is 4.79 Å². The molecule has 0 saturated heterocycles. The minimum absolute atomic E-state index is 0.107. The summed E-state index contributed by atoms with van der Waals surface area (Å²) in [7, 11) is 0. The first kappa shape index (κ1) is 14.4. The number of amides is 1. The van der Waals surface area contributed by atoms with E-state index in [0.29, 0.717) is 11.8 Å². The number of carbonyl (C=O) groups is 1. The summed E-state index contributed by atoms with van der Waals surface area (Å²) in [5.74, 6) is 4.84. The van der Waals surface area contributed by atoms with Gasteiger partial charge in [0.05, 0.1) is 0 Å². The number of nitrogens with two attached hydrogens (primary N) is 1. The summed E-state index contributed by atoms with van der Waals surface area (Å²) in [6, 6.07) is 0. The highest BCUT2D eigenvalue weighted by atomic mass is 16.5. The van der Waals surface area contributed by atoms with Crippen molar-refractivity contribution in [2.24, 2.45) is 11.3 Å². The van der Waals surface area contributed by atoms with Gasteiger partial charge in [-0.15, -0.1) is 0 Å². The van der Waals surface area contributed by atoms with E-state index in [1.165, 1.54) is 0 Å². The maximum atomic E-state index is 10.8. The van der Waals surface area contributed by atoms with E-state index < -0.39 is 0 Å². The van der Waals surface area contributed by atoms with Gasteiger partial charge in [-0.2, -0.15) is 0 Å². The lowest BCUT2D eigenvalue weighted by atomic mass is 9.93. The second kappa shape index (κ2) is 7.65. The number of carbonyl (C=O) groups excluding carboxylic acids is 1. The molecule has 3 N–H and O–H groups in total. The molecule has 0 heterocycles. The molecular weight excluding hydrogens is 192 g/mol. The summed E-state index contributed by atoms with van der Waals surface area (Å²) < 4.78 is 5.46. The molecule has 0 aromatic carbocycles. The first-order valence-corrected chi connectivity index (χ1v) is 5.53. The fourth-order valence-corrected chi connectivity index (χ4v) is 1.04. The van der Waals surface area contributed by atoms with Crippen LogP contribution in [0.1, 0.15) is 46.5 Å². The van der Waals surface area contributed by atoms with Gasteiger partial charge in [0.1, 0.15) is 0 Å². The molecule has 0 aliphatic rings. The number of hydrazine groups is 1. The van der Waals surface area contributed by atoms with Gasteiger partial charge in [-0.05, 0) is 24.7 Å². The van der Waals surface area contributed by atoms with Crippen LogP contribution < -0.4 is 11.3 Å². The molecule has 0 saturated carbocycles. The fraction of sp³-hybridized carbons (Fsp3) is 0.909. The van der Waals surface area contributed by atoms with Crippen LogP contribution in [-0.2, 0) is 9.53 Å². The van der Waals surface area contributed by atoms with Crippen LogP contribution in [0.2, 0.25) is 0 Å². The minimum atomic E-state index is -0.107. The lowest BCUT2D eigenvalue weighted by Gasteiger charge is -2.17. The average molecular weight is 216 g/mol. The topological polar surface area (TPSA) is 64.3 Å². The minimum Gasteiger partial charge on any atom is -0.381 e. The van der Waals surface area contributed by atoms with Crippen molar-refractivity contribution in [2.75, 3.05) is 13.2 Å². The van der Waals surface area contributed by atoms with Crippen molar-refractivity contribution in [3.05, 3.63) is 0 Å². The smallest absolute Gasteiger partial charge is 0.233 e. The highest BCUT2D eigenvalue weighted by molar-refractivity contribution is 5.74. The van der Waals surface area contributed by atoms with Gasteiger partial charge in [-0.25, -0.2) is 5.84 Å². The van der Waals surface area contributed by atoms with E-state index in [2.05, 4.69) is 26.2 Å². The van der Waals surface area contributed by atoms with Gasteiger partial charge in [0.25, 0.3) is 0 Å². The Labute approximate surface area is 92.5 Å². The van der Waals surface area contributed by atoms with Crippen molar-refractivity contribution >= 4 is 5.91 Å². The average Bonchev–Trinajstić information content (AvgIpc) is 2.14. The third-order valence-electron chi connectivity index (χ3n) is 2.10. The van der Waals surface area contributed by atoms with Crippen LogP contribution in [0.4, 0.5) is 0 Å². The maximum absolute atomic E-state index is 10.8. The standard InChI is InChI=1S/C11H24N2O2/c1-11(2,3)7-9-15-8-5-4-6-10(14)13-12/h4-9,12H2,1-3H3,(H,13,14). The maximum Gasteiger partial charge on any atom is 0.233 e. The number of unbranched alkanes of at least 4 members (excludes halogenated alkanes) is 1. The zero-order valence-corrected chi connectivity index (χ0v) is 10.1. The number of hydrogen-bond donors (Lipinski definition) is 2. The quantitative estimate of drug-likeness (QED) is 0.294. The monoisotopic (exact) mass is 216 g/mol. The third-order valence-corrected chi connectivity index (χ3v) is 2.10. The van der Waals surface area contributed by atoms with Gasteiger partial charge >= 0.3 is 0 Å². The molecule has 0 bridgehead atoms. The lowest BCUT2D eigenvalue weighted by Crippen LogP contribution is -2.29. The SMILES string of the molecule is CC(C)(C)CCOCCCCC(=O)NN. The molecule has 0 radical (unpaired) electrons. The predicted molar refractivity (Wildman–Crippen MR) is 61.1 cm³/mol. The number of ether oxygens (including phenoxy) is 1. The summed E-state index contributed by atoms with van der Waals surface area (Å²) in [6.45, 7) is 8.12. The summed E-state index contributed by atoms with van der Waals surface area (Å²) in [6.07, 6.45) is 3.30. The van der Waals surface area contributed by atoms with E-state index in [1.807, 2.05) is 0 Å². The van der Waals surface area contributed by atoms with Crippen LogP contribution in [0.5, 0.6) is 0 Å². The molecule has 0 atom stereocenters. The van der Waals surface area contributed by atoms with Crippen molar-refractivity contribution in [3.63, 3.8) is 0 Å². The molecule has 0 spiro atoms. The molecule has 0 unspecified atom stereocenters. The number of rotatable bonds is 7. The summed E-state index contributed by atoms with van der Waals surface area (Å²) in [5, 5.41) is 0. The second-order valence-electron chi connectivity index (χ2n) is 4.95. The largest absolute Gasteiger partial charge is 0.381 e. The van der Waals surface area contributed by atoms with E-state index in [4.69, 9.17) is 10.6 Å². The van der Waals surface area contributed by atoms with Crippen molar-refractivity contribution in [1.29, 1.82) is 0 Å². The predicted octanol–water partition coefficient (Wildman–Crippen LogP) is 1.60. The molecule has 4 heteroatoms. The Morgan fingerprint density at radius 1 is 1.27 bits per heavy atom. The van der Waals surface area contributed by atoms with Gasteiger partial charge in [-0.3, -0.25) is 10.2 Å². The Bertz CT molecular complexity index is 176. The van der Waals surface area contributed by atoms with E-state index in [0.717, 1.165) is 32.5 Å². The molecule has 4 nitrogen and oxygen atoms in total. The molecule has 0 aromatic rings. The van der Waals surface area contributed by atoms with Crippen LogP contribution >= 0.6 is 0 Å². The Morgan fingerprint density at radius 3 is 2.47 bits per heavy atom. The van der Waals surface area contributed by atoms with Crippen molar-refractivity contribution in [3.8, 4) is 0 Å². The van der Waals surface area contributed by atoms with Crippen molar-refractivity contribution in [2.45, 2.75) is 46.5 Å². The Morgan fingerprint density at radius 2 is 1.93 bits per heavy atom. The first-order valence-electron chi connectivity index (χ1n) is 5.53. The normalized spacial score (nSPS) is 11.5. The Kier molecular flexibility index (Phi) is 7.34. The van der Waals surface area contributed by atoms with Gasteiger partial charge in [0.15, 0.2) is 0 Å². The van der Waals surface area contributed by atoms with Crippen LogP contribution in [-0.4, -0.2) is 19.1 Å². The van der Waals surface area contributed by atoms with E-state index >= 15 is 0 Å². The lowest BCUT2D eigenvalue weighted by molar-refractivity contribution is -0.121. The van der Waals surface area contributed by atoms with Crippen LogP contribution in [0.15, 0.2) is 0 Å². The summed E-state index contributed by atoms with van der Waals surface area (Å²) in [5.41, 5.74) is 2.44. The highest BCUT2D eigenvalue weighted by Gasteiger charge is 2.08. The van der Waals surface area contributed by atoms with Crippen molar-refractivity contribution in [1.82, 2.24) is 5.43 Å². The summed E-state index contributed by atoms with van der Waals surface area (Å²) in [4.78, 5) is 10.8. The molecule has 0 rings (SSSR count). The van der Waals surface area contributed by atoms with Gasteiger partial charge in [0, 0.05) is 19.6 Å².